The number of likely N-dealkylation sites (tertiary alicyclic amines) is 1. The van der Waals surface area contributed by atoms with Gasteiger partial charge in [-0.25, -0.2) is 0 Å². The van der Waals surface area contributed by atoms with Gasteiger partial charge in [0.15, 0.2) is 5.78 Å². The van der Waals surface area contributed by atoms with Gasteiger partial charge in [-0.05, 0) is 39.9 Å². The first-order valence-corrected chi connectivity index (χ1v) is 6.70. The maximum absolute atomic E-state index is 11.6. The Morgan fingerprint density at radius 1 is 1.28 bits per heavy atom. The third-order valence-electron chi connectivity index (χ3n) is 3.09. The highest BCUT2D eigenvalue weighted by Gasteiger charge is 2.15. The molecule has 0 unspecified atom stereocenters. The summed E-state index contributed by atoms with van der Waals surface area (Å²) in [5.74, 6) is -0.493. The second kappa shape index (κ2) is 8.21. The van der Waals surface area contributed by atoms with Crippen LogP contribution in [-0.2, 0) is 14.3 Å². The number of likely N-dealkylation sites (N-methyl/N-ethyl adjacent to an activating group) is 1. The number of nitrogens with zero attached hydrogens (tertiary/aromatic N) is 2. The van der Waals surface area contributed by atoms with E-state index in [4.69, 9.17) is 4.74 Å². The van der Waals surface area contributed by atoms with Crippen molar-refractivity contribution < 1.29 is 14.3 Å². The van der Waals surface area contributed by atoms with Gasteiger partial charge in [-0.2, -0.15) is 0 Å². The highest BCUT2D eigenvalue weighted by atomic mass is 16.5. The molecular weight excluding hydrogens is 232 g/mol. The third kappa shape index (κ3) is 6.12. The minimum absolute atomic E-state index is 0.0719. The summed E-state index contributed by atoms with van der Waals surface area (Å²) in [6, 6.07) is 0. The summed E-state index contributed by atoms with van der Waals surface area (Å²) in [6.45, 7) is 6.61. The van der Waals surface area contributed by atoms with E-state index in [2.05, 4.69) is 4.90 Å². The lowest BCUT2D eigenvalue weighted by Gasteiger charge is -2.20. The van der Waals surface area contributed by atoms with Crippen LogP contribution in [0.15, 0.2) is 0 Å². The van der Waals surface area contributed by atoms with Crippen molar-refractivity contribution in [2.45, 2.75) is 26.2 Å². The number of ether oxygens (including phenoxy) is 1. The van der Waals surface area contributed by atoms with Crippen molar-refractivity contribution in [2.24, 2.45) is 0 Å². The fourth-order valence-electron chi connectivity index (χ4n) is 2.13. The Morgan fingerprint density at radius 3 is 2.56 bits per heavy atom. The molecule has 0 bridgehead atoms. The molecule has 0 atom stereocenters. The van der Waals surface area contributed by atoms with Gasteiger partial charge in [-0.15, -0.1) is 0 Å². The van der Waals surface area contributed by atoms with E-state index < -0.39 is 5.97 Å². The van der Waals surface area contributed by atoms with Crippen molar-refractivity contribution in [2.75, 3.05) is 46.4 Å². The van der Waals surface area contributed by atoms with E-state index >= 15 is 0 Å². The molecule has 0 aliphatic carbocycles. The summed E-state index contributed by atoms with van der Waals surface area (Å²) < 4.78 is 4.75. The average molecular weight is 256 g/mol. The molecular formula is C13H24N2O3. The molecule has 0 N–H and O–H groups in total. The van der Waals surface area contributed by atoms with Crippen LogP contribution in [0.25, 0.3) is 0 Å². The minimum Gasteiger partial charge on any atom is -0.466 e. The lowest BCUT2D eigenvalue weighted by molar-refractivity contribution is -0.145. The first kappa shape index (κ1) is 15.1. The molecule has 1 fully saturated rings. The van der Waals surface area contributed by atoms with Gasteiger partial charge in [-0.1, -0.05) is 0 Å². The predicted molar refractivity (Wildman–Crippen MR) is 69.4 cm³/mol. The van der Waals surface area contributed by atoms with Gasteiger partial charge in [0.25, 0.3) is 0 Å². The monoisotopic (exact) mass is 256 g/mol. The maximum atomic E-state index is 11.6. The third-order valence-corrected chi connectivity index (χ3v) is 3.09. The Kier molecular flexibility index (Phi) is 6.90. The molecule has 0 aromatic rings. The summed E-state index contributed by atoms with van der Waals surface area (Å²) in [5, 5.41) is 0. The number of ketones is 1. The van der Waals surface area contributed by atoms with Crippen molar-refractivity contribution in [1.82, 2.24) is 9.80 Å². The molecule has 5 heteroatoms. The highest BCUT2D eigenvalue weighted by Crippen LogP contribution is 2.06. The van der Waals surface area contributed by atoms with Crippen LogP contribution in [0.5, 0.6) is 0 Å². The second-order valence-corrected chi connectivity index (χ2v) is 4.81. The van der Waals surface area contributed by atoms with E-state index in [1.165, 1.54) is 25.9 Å². The number of rotatable bonds is 8. The SMILES string of the molecule is CCOC(=O)CC(=O)CN(C)CCN1CCCC1. The Labute approximate surface area is 109 Å². The second-order valence-electron chi connectivity index (χ2n) is 4.81. The van der Waals surface area contributed by atoms with E-state index in [1.54, 1.807) is 6.92 Å². The molecule has 5 nitrogen and oxygen atoms in total. The molecule has 0 aromatic carbocycles. The van der Waals surface area contributed by atoms with Gasteiger partial charge in [0.2, 0.25) is 0 Å². The molecule has 0 amide bonds. The van der Waals surface area contributed by atoms with Crippen LogP contribution in [0.1, 0.15) is 26.2 Å². The fourth-order valence-corrected chi connectivity index (χ4v) is 2.13. The first-order valence-electron chi connectivity index (χ1n) is 6.70. The molecule has 1 aliphatic heterocycles. The Morgan fingerprint density at radius 2 is 1.94 bits per heavy atom. The van der Waals surface area contributed by atoms with Crippen LogP contribution in [0, 0.1) is 0 Å². The molecule has 0 aromatic heterocycles. The van der Waals surface area contributed by atoms with Crippen LogP contribution in [0.3, 0.4) is 0 Å². The van der Waals surface area contributed by atoms with E-state index in [0.29, 0.717) is 13.2 Å². The number of hydrogen-bond donors (Lipinski definition) is 0. The van der Waals surface area contributed by atoms with Crippen molar-refractivity contribution in [3.05, 3.63) is 0 Å². The standard InChI is InChI=1S/C13H24N2O3/c1-3-18-13(17)10-12(16)11-14(2)8-9-15-6-4-5-7-15/h3-11H2,1-2H3. The molecule has 104 valence electrons. The van der Waals surface area contributed by atoms with E-state index in [1.807, 2.05) is 11.9 Å². The summed E-state index contributed by atoms with van der Waals surface area (Å²) in [4.78, 5) is 27.1. The van der Waals surface area contributed by atoms with E-state index in [9.17, 15) is 9.59 Å². The smallest absolute Gasteiger partial charge is 0.313 e. The zero-order valence-corrected chi connectivity index (χ0v) is 11.5. The van der Waals surface area contributed by atoms with Gasteiger partial charge in [0.05, 0.1) is 13.2 Å². The molecule has 1 aliphatic rings. The van der Waals surface area contributed by atoms with Crippen LogP contribution in [0.4, 0.5) is 0 Å². The summed E-state index contributed by atoms with van der Waals surface area (Å²) in [7, 11) is 1.92. The molecule has 0 spiro atoms. The first-order chi connectivity index (χ1) is 8.61. The normalized spacial score (nSPS) is 16.2. The molecule has 18 heavy (non-hydrogen) atoms. The van der Waals surface area contributed by atoms with Crippen molar-refractivity contribution in [3.8, 4) is 0 Å². The van der Waals surface area contributed by atoms with Gasteiger partial charge in [0, 0.05) is 13.1 Å². The average Bonchev–Trinajstić information content (AvgIpc) is 2.79. The zero-order valence-electron chi connectivity index (χ0n) is 11.5. The van der Waals surface area contributed by atoms with Crippen LogP contribution in [0.2, 0.25) is 0 Å². The quantitative estimate of drug-likeness (QED) is 0.468. The highest BCUT2D eigenvalue weighted by molar-refractivity contribution is 5.96. The lowest BCUT2D eigenvalue weighted by atomic mass is 10.2. The Balaban J connectivity index is 2.12. The van der Waals surface area contributed by atoms with Crippen molar-refractivity contribution in [1.29, 1.82) is 0 Å². The van der Waals surface area contributed by atoms with Crippen LogP contribution >= 0.6 is 0 Å². The Hall–Kier alpha value is -0.940. The van der Waals surface area contributed by atoms with Crippen molar-refractivity contribution in [3.63, 3.8) is 0 Å². The minimum atomic E-state index is -0.421. The van der Waals surface area contributed by atoms with Gasteiger partial charge >= 0.3 is 5.97 Å². The van der Waals surface area contributed by atoms with Gasteiger partial charge in [-0.3, -0.25) is 14.5 Å². The number of carbonyl (C=O) groups excluding carboxylic acids is 2. The lowest BCUT2D eigenvalue weighted by Crippen LogP contribution is -2.35. The number of hydrogen-bond acceptors (Lipinski definition) is 5. The summed E-state index contributed by atoms with van der Waals surface area (Å²) in [6.07, 6.45) is 2.46. The number of esters is 1. The number of carbonyl (C=O) groups is 2. The molecule has 1 heterocycles. The fraction of sp³-hybridized carbons (Fsp3) is 0.846. The predicted octanol–water partition coefficient (Wildman–Crippen LogP) is 0.536. The van der Waals surface area contributed by atoms with E-state index in [-0.39, 0.29) is 12.2 Å². The molecule has 1 rings (SSSR count). The summed E-state index contributed by atoms with van der Waals surface area (Å²) >= 11 is 0. The molecule has 0 saturated carbocycles. The summed E-state index contributed by atoms with van der Waals surface area (Å²) in [5.41, 5.74) is 0. The van der Waals surface area contributed by atoms with Gasteiger partial charge < -0.3 is 9.64 Å². The van der Waals surface area contributed by atoms with Crippen LogP contribution in [-0.4, -0.2) is 67.9 Å². The topological polar surface area (TPSA) is 49.9 Å². The van der Waals surface area contributed by atoms with Gasteiger partial charge in [0.1, 0.15) is 6.42 Å². The zero-order chi connectivity index (χ0) is 13.4. The van der Waals surface area contributed by atoms with Crippen LogP contribution < -0.4 is 0 Å². The van der Waals surface area contributed by atoms with Crippen molar-refractivity contribution >= 4 is 11.8 Å². The Bertz CT molecular complexity index is 275. The van der Waals surface area contributed by atoms with E-state index in [0.717, 1.165) is 13.1 Å². The number of Topliss-reactive ketones (excluding diaryl/α,β-unsaturated/α-hetero) is 1. The maximum Gasteiger partial charge on any atom is 0.313 e. The molecule has 1 saturated heterocycles. The molecule has 0 radical (unpaired) electrons. The largest absolute Gasteiger partial charge is 0.466 e.